The molecule has 1 aliphatic carbocycles. The average molecular weight is 419 g/mol. The predicted octanol–water partition coefficient (Wildman–Crippen LogP) is 4.14. The Balaban J connectivity index is 1.62. The average Bonchev–Trinajstić information content (AvgIpc) is 3.37. The maximum atomic E-state index is 12.5. The van der Waals surface area contributed by atoms with E-state index < -0.39 is 0 Å². The van der Waals surface area contributed by atoms with Gasteiger partial charge in [-0.3, -0.25) is 14.7 Å². The lowest BCUT2D eigenvalue weighted by Gasteiger charge is -2.14. The summed E-state index contributed by atoms with van der Waals surface area (Å²) in [6.07, 6.45) is 1.96. The fourth-order valence-corrected chi connectivity index (χ4v) is 3.48. The molecule has 138 valence electrons. The summed E-state index contributed by atoms with van der Waals surface area (Å²) in [4.78, 5) is 24.3. The molecule has 0 bridgehead atoms. The van der Waals surface area contributed by atoms with Gasteiger partial charge in [0.2, 0.25) is 5.91 Å². The summed E-state index contributed by atoms with van der Waals surface area (Å²) in [5, 5.41) is 12.9. The van der Waals surface area contributed by atoms with Gasteiger partial charge >= 0.3 is 0 Å². The maximum absolute atomic E-state index is 12.5. The zero-order valence-corrected chi connectivity index (χ0v) is 16.7. The van der Waals surface area contributed by atoms with Crippen LogP contribution < -0.4 is 10.6 Å². The first kappa shape index (κ1) is 18.6. The van der Waals surface area contributed by atoms with Crippen LogP contribution in [-0.4, -0.2) is 22.0 Å². The van der Waals surface area contributed by atoms with E-state index in [-0.39, 0.29) is 29.7 Å². The van der Waals surface area contributed by atoms with Crippen LogP contribution in [0.5, 0.6) is 0 Å². The highest BCUT2D eigenvalue weighted by Gasteiger charge is 2.29. The summed E-state index contributed by atoms with van der Waals surface area (Å²) in [6, 6.07) is 7.36. The van der Waals surface area contributed by atoms with Crippen molar-refractivity contribution < 1.29 is 9.59 Å². The van der Waals surface area contributed by atoms with E-state index in [0.717, 1.165) is 29.8 Å². The van der Waals surface area contributed by atoms with E-state index in [1.54, 1.807) is 0 Å². The van der Waals surface area contributed by atoms with Gasteiger partial charge in [-0.2, -0.15) is 5.10 Å². The molecular formula is C19H23BrN4O2. The number of benzene rings is 1. The van der Waals surface area contributed by atoms with E-state index in [1.807, 2.05) is 45.0 Å². The number of H-pyrrole nitrogens is 1. The van der Waals surface area contributed by atoms with Crippen molar-refractivity contribution >= 4 is 33.4 Å². The molecule has 0 spiro atoms. The number of amides is 2. The van der Waals surface area contributed by atoms with Crippen LogP contribution in [-0.2, 0) is 4.79 Å². The quantitative estimate of drug-likeness (QED) is 0.658. The first-order valence-electron chi connectivity index (χ1n) is 8.82. The Hall–Kier alpha value is -2.15. The van der Waals surface area contributed by atoms with E-state index in [9.17, 15) is 9.59 Å². The second kappa shape index (κ2) is 7.61. The summed E-state index contributed by atoms with van der Waals surface area (Å²) in [5.74, 6) is 0.271. The topological polar surface area (TPSA) is 86.9 Å². The first-order chi connectivity index (χ1) is 12.4. The lowest BCUT2D eigenvalue weighted by Crippen LogP contribution is -2.27. The zero-order valence-electron chi connectivity index (χ0n) is 15.1. The molecule has 3 N–H and O–H groups in total. The number of anilines is 1. The van der Waals surface area contributed by atoms with Gasteiger partial charge in [-0.05, 0) is 59.3 Å². The predicted molar refractivity (Wildman–Crippen MR) is 104 cm³/mol. The number of hydrogen-bond donors (Lipinski definition) is 3. The van der Waals surface area contributed by atoms with Crippen LogP contribution in [0.2, 0.25) is 0 Å². The Morgan fingerprint density at radius 2 is 1.85 bits per heavy atom. The van der Waals surface area contributed by atoms with Crippen molar-refractivity contribution in [1.29, 1.82) is 0 Å². The summed E-state index contributed by atoms with van der Waals surface area (Å²) >= 11 is 3.45. The minimum atomic E-state index is -0.237. The van der Waals surface area contributed by atoms with Crippen molar-refractivity contribution in [2.24, 2.45) is 5.92 Å². The number of halogens is 1. The number of nitrogens with one attached hydrogen (secondary N) is 3. The first-order valence-corrected chi connectivity index (χ1v) is 9.61. The number of nitrogens with zero attached hydrogens (tertiary/aromatic N) is 1. The van der Waals surface area contributed by atoms with Crippen LogP contribution >= 0.6 is 15.9 Å². The lowest BCUT2D eigenvalue weighted by molar-refractivity contribution is -0.117. The van der Waals surface area contributed by atoms with Crippen LogP contribution in [0.15, 0.2) is 28.7 Å². The molecule has 1 saturated carbocycles. The number of hydrogen-bond acceptors (Lipinski definition) is 3. The summed E-state index contributed by atoms with van der Waals surface area (Å²) < 4.78 is 0.704. The summed E-state index contributed by atoms with van der Waals surface area (Å²) in [5.41, 5.74) is 2.99. The molecule has 3 rings (SSSR count). The van der Waals surface area contributed by atoms with Crippen molar-refractivity contribution in [2.45, 2.75) is 45.6 Å². The van der Waals surface area contributed by atoms with Gasteiger partial charge in [0.15, 0.2) is 5.69 Å². The molecule has 1 aromatic heterocycles. The van der Waals surface area contributed by atoms with Crippen LogP contribution in [0.1, 0.15) is 67.3 Å². The molecule has 1 aliphatic rings. The molecule has 26 heavy (non-hydrogen) atoms. The van der Waals surface area contributed by atoms with E-state index in [2.05, 4.69) is 36.8 Å². The Morgan fingerprint density at radius 1 is 1.19 bits per heavy atom. The molecule has 6 nitrogen and oxygen atoms in total. The van der Waals surface area contributed by atoms with Crippen molar-refractivity contribution in [3.05, 3.63) is 45.7 Å². The van der Waals surface area contributed by atoms with E-state index in [1.165, 1.54) is 0 Å². The molecule has 1 fully saturated rings. The van der Waals surface area contributed by atoms with Gasteiger partial charge in [0.05, 0.1) is 16.2 Å². The van der Waals surface area contributed by atoms with Crippen LogP contribution in [0.4, 0.5) is 5.69 Å². The fourth-order valence-electron chi connectivity index (χ4n) is 2.67. The highest BCUT2D eigenvalue weighted by molar-refractivity contribution is 9.10. The molecular weight excluding hydrogens is 396 g/mol. The van der Waals surface area contributed by atoms with Crippen LogP contribution in [0.3, 0.4) is 0 Å². The third-order valence-electron chi connectivity index (χ3n) is 4.50. The van der Waals surface area contributed by atoms with Gasteiger partial charge < -0.3 is 10.6 Å². The Kier molecular flexibility index (Phi) is 5.46. The van der Waals surface area contributed by atoms with Gasteiger partial charge in [-0.15, -0.1) is 0 Å². The smallest absolute Gasteiger partial charge is 0.273 e. The Labute approximate surface area is 161 Å². The van der Waals surface area contributed by atoms with Gasteiger partial charge in [-0.1, -0.05) is 26.0 Å². The minimum absolute atomic E-state index is 0.0865. The molecule has 1 aromatic carbocycles. The van der Waals surface area contributed by atoms with Crippen LogP contribution in [0.25, 0.3) is 0 Å². The normalized spacial score (nSPS) is 15.0. The monoisotopic (exact) mass is 418 g/mol. The molecule has 7 heteroatoms. The standard InChI is InChI=1S/C19H23BrN4O2/c1-10(2)16-15(20)17(24-23-16)19(26)21-11(3)12-6-8-14(9-7-12)22-18(25)13-4-5-13/h6-11,13H,4-5H2,1-3H3,(H,21,26)(H,22,25)(H,23,24). The number of aromatic amines is 1. The van der Waals surface area contributed by atoms with Gasteiger partial charge in [0.25, 0.3) is 5.91 Å². The second-order valence-corrected chi connectivity index (χ2v) is 7.83. The molecule has 0 aliphatic heterocycles. The number of aromatic nitrogens is 2. The van der Waals surface area contributed by atoms with E-state index in [4.69, 9.17) is 0 Å². The maximum Gasteiger partial charge on any atom is 0.273 e. The second-order valence-electron chi connectivity index (χ2n) is 7.04. The fraction of sp³-hybridized carbons (Fsp3) is 0.421. The minimum Gasteiger partial charge on any atom is -0.344 e. The highest BCUT2D eigenvalue weighted by Crippen LogP contribution is 2.30. The molecule has 1 heterocycles. The van der Waals surface area contributed by atoms with Gasteiger partial charge in [0.1, 0.15) is 0 Å². The third-order valence-corrected chi connectivity index (χ3v) is 5.30. The number of carbonyl (C=O) groups excluding carboxylic acids is 2. The van der Waals surface area contributed by atoms with E-state index in [0.29, 0.717) is 10.2 Å². The number of rotatable bonds is 6. The SMILES string of the molecule is CC(C)c1[nH]nc(C(=O)NC(C)c2ccc(NC(=O)C3CC3)cc2)c1Br. The molecule has 2 aromatic rings. The summed E-state index contributed by atoms with van der Waals surface area (Å²) in [6.45, 7) is 5.98. The molecule has 2 amide bonds. The number of carbonyl (C=O) groups is 2. The Morgan fingerprint density at radius 3 is 2.38 bits per heavy atom. The summed E-state index contributed by atoms with van der Waals surface area (Å²) in [7, 11) is 0. The highest BCUT2D eigenvalue weighted by atomic mass is 79.9. The largest absolute Gasteiger partial charge is 0.344 e. The van der Waals surface area contributed by atoms with E-state index >= 15 is 0 Å². The molecule has 0 radical (unpaired) electrons. The lowest BCUT2D eigenvalue weighted by atomic mass is 10.1. The van der Waals surface area contributed by atoms with Crippen molar-refractivity contribution in [3.63, 3.8) is 0 Å². The third kappa shape index (κ3) is 4.15. The van der Waals surface area contributed by atoms with Crippen molar-refractivity contribution in [1.82, 2.24) is 15.5 Å². The molecule has 1 unspecified atom stereocenters. The van der Waals surface area contributed by atoms with Crippen molar-refractivity contribution in [2.75, 3.05) is 5.32 Å². The molecule has 0 saturated heterocycles. The molecule has 1 atom stereocenters. The van der Waals surface area contributed by atoms with Crippen molar-refractivity contribution in [3.8, 4) is 0 Å². The van der Waals surface area contributed by atoms with Crippen LogP contribution in [0, 0.1) is 5.92 Å². The Bertz CT molecular complexity index is 809. The van der Waals surface area contributed by atoms with Gasteiger partial charge in [-0.25, -0.2) is 0 Å². The van der Waals surface area contributed by atoms with Gasteiger partial charge in [0, 0.05) is 11.6 Å². The zero-order chi connectivity index (χ0) is 18.8.